The molecule has 0 aromatic carbocycles. The van der Waals surface area contributed by atoms with Crippen molar-refractivity contribution in [1.29, 1.82) is 0 Å². The van der Waals surface area contributed by atoms with E-state index in [4.69, 9.17) is 29.4 Å². The lowest BCUT2D eigenvalue weighted by Gasteiger charge is -2.37. The average molecular weight is 654 g/mol. The predicted octanol–water partition coefficient (Wildman–Crippen LogP) is 4.92. The second-order valence-corrected chi connectivity index (χ2v) is 12.9. The monoisotopic (exact) mass is 653 g/mol. The summed E-state index contributed by atoms with van der Waals surface area (Å²) in [6.45, 7) is 18.2. The van der Waals surface area contributed by atoms with Gasteiger partial charge in [-0.1, -0.05) is 40.2 Å². The average Bonchev–Trinajstić information content (AvgIpc) is 3.09. The third-order valence-electron chi connectivity index (χ3n) is 9.36. The zero-order valence-corrected chi connectivity index (χ0v) is 30.0. The lowest BCUT2D eigenvalue weighted by atomic mass is 10.1. The molecule has 0 radical (unpaired) electrons. The third-order valence-corrected chi connectivity index (χ3v) is 9.36. The first-order valence-corrected chi connectivity index (χ1v) is 17.8. The molecule has 0 unspecified atom stereocenters. The Labute approximate surface area is 282 Å². The smallest absolute Gasteiger partial charge is 0.228 e. The molecular formula is C35H59N9O3. The van der Waals surface area contributed by atoms with Gasteiger partial charge in [0.15, 0.2) is 11.6 Å². The number of hydrogen-bond donors (Lipinski definition) is 0. The van der Waals surface area contributed by atoms with Crippen LogP contribution in [0.5, 0.6) is 0 Å². The van der Waals surface area contributed by atoms with Crippen LogP contribution in [0.15, 0.2) is 12.3 Å². The Morgan fingerprint density at radius 3 is 1.91 bits per heavy atom. The number of fused-ring (bicyclic) bond motifs is 1. The molecule has 2 aliphatic rings. The highest BCUT2D eigenvalue weighted by molar-refractivity contribution is 5.95. The highest BCUT2D eigenvalue weighted by Crippen LogP contribution is 2.35. The van der Waals surface area contributed by atoms with Crippen LogP contribution >= 0.6 is 0 Å². The summed E-state index contributed by atoms with van der Waals surface area (Å²) >= 11 is 0. The number of likely N-dealkylation sites (N-methyl/N-ethyl adjacent to an activating group) is 1. The summed E-state index contributed by atoms with van der Waals surface area (Å²) in [5.41, 5.74) is 2.57. The summed E-state index contributed by atoms with van der Waals surface area (Å²) in [5.74, 6) is 3.25. The van der Waals surface area contributed by atoms with Gasteiger partial charge in [0, 0.05) is 92.2 Å². The standard InChI is InChI=1S/C35H59N9O3/c1-8-11-17-42(19-14-28(45)13-10-3)34-37-31-30(32(38-34)41-20-15-29(47-7)16-21-41)36-35(43(18-12-9-2)24-25-46-6)39-33(31)44-23-22-40(5)27(4)26-44/h29H,4,8-26H2,1-3,5-7H3. The summed E-state index contributed by atoms with van der Waals surface area (Å²) in [6.07, 6.45) is 8.16. The molecule has 12 nitrogen and oxygen atoms in total. The van der Waals surface area contributed by atoms with Crippen molar-refractivity contribution < 1.29 is 14.3 Å². The van der Waals surface area contributed by atoms with Gasteiger partial charge in [-0.3, -0.25) is 4.79 Å². The van der Waals surface area contributed by atoms with Crippen molar-refractivity contribution in [2.75, 3.05) is 106 Å². The number of unbranched alkanes of at least 4 members (excludes halogenated alkanes) is 2. The van der Waals surface area contributed by atoms with E-state index in [1.807, 2.05) is 0 Å². The molecule has 2 fully saturated rings. The fourth-order valence-electron chi connectivity index (χ4n) is 6.21. The lowest BCUT2D eigenvalue weighted by molar-refractivity contribution is -0.118. The van der Waals surface area contributed by atoms with E-state index in [-0.39, 0.29) is 11.9 Å². The number of carbonyl (C=O) groups excluding carboxylic acids is 1. The number of methoxy groups -OCH3 is 2. The predicted molar refractivity (Wildman–Crippen MR) is 192 cm³/mol. The molecule has 2 aliphatic heterocycles. The highest BCUT2D eigenvalue weighted by Gasteiger charge is 2.29. The van der Waals surface area contributed by atoms with E-state index in [1.165, 1.54) is 0 Å². The van der Waals surface area contributed by atoms with Crippen molar-refractivity contribution in [3.8, 4) is 0 Å². The molecule has 0 saturated carbocycles. The minimum Gasteiger partial charge on any atom is -0.383 e. The fraction of sp³-hybridized carbons (Fsp3) is 0.743. The van der Waals surface area contributed by atoms with Gasteiger partial charge in [-0.15, -0.1) is 0 Å². The first-order valence-electron chi connectivity index (χ1n) is 17.8. The van der Waals surface area contributed by atoms with Crippen LogP contribution in [0.4, 0.5) is 23.5 Å². The SMILES string of the molecule is C=C1CN(c2nc(N(CCCC)CCOC)nc3c(N4CCC(OC)CC4)nc(N(CCCC)CCC(=O)CCC)nc23)CCN1C. The largest absolute Gasteiger partial charge is 0.383 e. The molecule has 0 amide bonds. The quantitative estimate of drug-likeness (QED) is 0.206. The van der Waals surface area contributed by atoms with Gasteiger partial charge in [0.1, 0.15) is 16.8 Å². The van der Waals surface area contributed by atoms with Gasteiger partial charge in [0.25, 0.3) is 0 Å². The maximum atomic E-state index is 12.7. The summed E-state index contributed by atoms with van der Waals surface area (Å²) < 4.78 is 11.2. The molecule has 0 atom stereocenters. The molecule has 262 valence electrons. The van der Waals surface area contributed by atoms with Crippen molar-refractivity contribution in [1.82, 2.24) is 24.8 Å². The minimum absolute atomic E-state index is 0.236. The van der Waals surface area contributed by atoms with Crippen molar-refractivity contribution in [3.05, 3.63) is 12.3 Å². The number of ketones is 1. The van der Waals surface area contributed by atoms with Crippen LogP contribution in [0.1, 0.15) is 78.6 Å². The second kappa shape index (κ2) is 18.3. The number of piperazine rings is 1. The van der Waals surface area contributed by atoms with Gasteiger partial charge in [0.2, 0.25) is 11.9 Å². The number of ether oxygens (including phenoxy) is 2. The Kier molecular flexibility index (Phi) is 14.3. The highest BCUT2D eigenvalue weighted by atomic mass is 16.5. The van der Waals surface area contributed by atoms with Crippen molar-refractivity contribution in [3.63, 3.8) is 0 Å². The number of aromatic nitrogens is 4. The number of hydrogen-bond acceptors (Lipinski definition) is 12. The molecule has 4 rings (SSSR count). The lowest BCUT2D eigenvalue weighted by Crippen LogP contribution is -2.43. The molecule has 47 heavy (non-hydrogen) atoms. The van der Waals surface area contributed by atoms with E-state index >= 15 is 0 Å². The van der Waals surface area contributed by atoms with E-state index < -0.39 is 0 Å². The van der Waals surface area contributed by atoms with Crippen LogP contribution in [-0.2, 0) is 14.3 Å². The molecule has 0 spiro atoms. The Morgan fingerprint density at radius 2 is 1.38 bits per heavy atom. The normalized spacial score (nSPS) is 16.0. The molecule has 2 aromatic rings. The Morgan fingerprint density at radius 1 is 0.787 bits per heavy atom. The first-order chi connectivity index (χ1) is 22.8. The topological polar surface area (TPSA) is 103 Å². The number of anilines is 4. The van der Waals surface area contributed by atoms with Crippen LogP contribution in [0.3, 0.4) is 0 Å². The Balaban J connectivity index is 1.92. The number of nitrogens with zero attached hydrogens (tertiary/aromatic N) is 9. The van der Waals surface area contributed by atoms with E-state index in [1.54, 1.807) is 14.2 Å². The molecule has 0 aliphatic carbocycles. The van der Waals surface area contributed by atoms with Crippen molar-refractivity contribution in [2.24, 2.45) is 0 Å². The maximum Gasteiger partial charge on any atom is 0.228 e. The number of piperidine rings is 1. The maximum absolute atomic E-state index is 12.7. The molecule has 0 bridgehead atoms. The summed E-state index contributed by atoms with van der Waals surface area (Å²) in [5, 5.41) is 0. The van der Waals surface area contributed by atoms with Gasteiger partial charge in [0.05, 0.1) is 19.3 Å². The molecular weight excluding hydrogens is 594 g/mol. The van der Waals surface area contributed by atoms with Crippen LogP contribution < -0.4 is 19.6 Å². The van der Waals surface area contributed by atoms with Gasteiger partial charge in [-0.25, -0.2) is 9.97 Å². The summed E-state index contributed by atoms with van der Waals surface area (Å²) in [7, 11) is 5.62. The summed E-state index contributed by atoms with van der Waals surface area (Å²) in [4.78, 5) is 45.1. The number of carbonyl (C=O) groups is 1. The van der Waals surface area contributed by atoms with E-state index in [2.05, 4.69) is 58.9 Å². The summed E-state index contributed by atoms with van der Waals surface area (Å²) in [6, 6.07) is 0. The Bertz CT molecular complexity index is 1290. The van der Waals surface area contributed by atoms with E-state index in [9.17, 15) is 4.79 Å². The van der Waals surface area contributed by atoms with Gasteiger partial charge in [-0.05, 0) is 32.1 Å². The zero-order valence-electron chi connectivity index (χ0n) is 30.0. The molecule has 0 N–H and O–H groups in total. The van der Waals surface area contributed by atoms with Crippen molar-refractivity contribution in [2.45, 2.75) is 84.7 Å². The van der Waals surface area contributed by atoms with Gasteiger partial charge >= 0.3 is 0 Å². The van der Waals surface area contributed by atoms with Gasteiger partial charge < -0.3 is 34.0 Å². The Hall–Kier alpha value is -3.25. The fourth-order valence-corrected chi connectivity index (χ4v) is 6.21. The van der Waals surface area contributed by atoms with Crippen LogP contribution in [-0.4, -0.2) is 123 Å². The van der Waals surface area contributed by atoms with E-state index in [0.29, 0.717) is 51.0 Å². The zero-order chi connectivity index (χ0) is 33.8. The van der Waals surface area contributed by atoms with E-state index in [0.717, 1.165) is 113 Å². The minimum atomic E-state index is 0.236. The second-order valence-electron chi connectivity index (χ2n) is 12.9. The first kappa shape index (κ1) is 36.6. The number of rotatable bonds is 19. The van der Waals surface area contributed by atoms with Crippen LogP contribution in [0, 0.1) is 0 Å². The van der Waals surface area contributed by atoms with Gasteiger partial charge in [-0.2, -0.15) is 9.97 Å². The molecule has 2 aromatic heterocycles. The molecule has 12 heteroatoms. The molecule has 2 saturated heterocycles. The number of Topliss-reactive ketones (excluding diaryl/α,β-unsaturated/α-hetero) is 1. The molecule has 4 heterocycles. The van der Waals surface area contributed by atoms with Crippen LogP contribution in [0.25, 0.3) is 11.0 Å². The van der Waals surface area contributed by atoms with Crippen molar-refractivity contribution >= 4 is 40.3 Å². The third kappa shape index (κ3) is 9.65. The van der Waals surface area contributed by atoms with Crippen LogP contribution in [0.2, 0.25) is 0 Å².